The third-order valence-corrected chi connectivity index (χ3v) is 2.57. The molecule has 0 radical (unpaired) electrons. The first-order valence-electron chi connectivity index (χ1n) is 3.78. The van der Waals surface area contributed by atoms with Gasteiger partial charge in [-0.15, -0.1) is 22.9 Å². The van der Waals surface area contributed by atoms with E-state index >= 15 is 0 Å². The van der Waals surface area contributed by atoms with Gasteiger partial charge in [-0.2, -0.15) is 0 Å². The number of aromatic carboxylic acids is 1. The smallest absolute Gasteiger partial charge is 0.345 e. The summed E-state index contributed by atoms with van der Waals surface area (Å²) in [6.07, 6.45) is 4.62. The number of hydrogen-bond donors (Lipinski definition) is 1. The summed E-state index contributed by atoms with van der Waals surface area (Å²) in [7, 11) is 0. The first kappa shape index (κ1) is 10.3. The molecule has 1 N–H and O–H groups in total. The van der Waals surface area contributed by atoms with Crippen LogP contribution < -0.4 is 0 Å². The molecule has 0 aromatic carbocycles. The lowest BCUT2D eigenvalue weighted by Crippen LogP contribution is -1.89. The number of rotatable bonds is 4. The summed E-state index contributed by atoms with van der Waals surface area (Å²) in [5.74, 6) is -0.283. The largest absolute Gasteiger partial charge is 0.477 e. The highest BCUT2D eigenvalue weighted by molar-refractivity contribution is 7.12. The summed E-state index contributed by atoms with van der Waals surface area (Å²) in [5.41, 5.74) is 0.924. The molecule has 0 atom stereocenters. The van der Waals surface area contributed by atoms with Crippen molar-refractivity contribution in [3.8, 4) is 0 Å². The van der Waals surface area contributed by atoms with Gasteiger partial charge in [-0.25, -0.2) is 4.79 Å². The number of allylic oxidation sites excluding steroid dienone is 1. The maximum atomic E-state index is 10.5. The van der Waals surface area contributed by atoms with Gasteiger partial charge in [0.15, 0.2) is 0 Å². The Hall–Kier alpha value is -0.800. The molecule has 0 unspecified atom stereocenters. The van der Waals surface area contributed by atoms with E-state index in [1.54, 1.807) is 6.07 Å². The van der Waals surface area contributed by atoms with Crippen molar-refractivity contribution in [2.75, 3.05) is 5.88 Å². The molecule has 0 spiro atoms. The van der Waals surface area contributed by atoms with Crippen LogP contribution in [-0.2, 0) is 0 Å². The number of hydrogen-bond acceptors (Lipinski definition) is 2. The van der Waals surface area contributed by atoms with Crippen molar-refractivity contribution in [3.63, 3.8) is 0 Å². The fourth-order valence-corrected chi connectivity index (χ4v) is 1.67. The number of alkyl halides is 1. The zero-order chi connectivity index (χ0) is 9.68. The average Bonchev–Trinajstić information content (AvgIpc) is 2.53. The van der Waals surface area contributed by atoms with Crippen molar-refractivity contribution in [1.29, 1.82) is 0 Å². The number of carbonyl (C=O) groups is 1. The Balaban J connectivity index is 2.64. The molecule has 0 saturated carbocycles. The number of halogens is 1. The Bertz CT molecular complexity index is 317. The molecule has 0 fully saturated rings. The monoisotopic (exact) mass is 216 g/mol. The highest BCUT2D eigenvalue weighted by atomic mass is 35.5. The zero-order valence-corrected chi connectivity index (χ0v) is 8.44. The van der Waals surface area contributed by atoms with Gasteiger partial charge in [0.05, 0.1) is 0 Å². The minimum Gasteiger partial charge on any atom is -0.477 e. The molecule has 1 rings (SSSR count). The van der Waals surface area contributed by atoms with Gasteiger partial charge in [-0.1, -0.05) is 12.2 Å². The first-order chi connectivity index (χ1) is 6.24. The van der Waals surface area contributed by atoms with Crippen molar-refractivity contribution in [3.05, 3.63) is 28.0 Å². The van der Waals surface area contributed by atoms with Crippen LogP contribution in [-0.4, -0.2) is 17.0 Å². The summed E-state index contributed by atoms with van der Waals surface area (Å²) < 4.78 is 0. The summed E-state index contributed by atoms with van der Waals surface area (Å²) >= 11 is 6.71. The molecule has 4 heteroatoms. The molecule has 0 aliphatic carbocycles. The minimum absolute atomic E-state index is 0.366. The summed E-state index contributed by atoms with van der Waals surface area (Å²) in [6.45, 7) is 0. The van der Waals surface area contributed by atoms with Crippen LogP contribution in [0.5, 0.6) is 0 Å². The second-order valence-corrected chi connectivity index (χ2v) is 3.72. The summed E-state index contributed by atoms with van der Waals surface area (Å²) in [4.78, 5) is 10.9. The minimum atomic E-state index is -0.873. The third kappa shape index (κ3) is 3.20. The van der Waals surface area contributed by atoms with E-state index in [1.165, 1.54) is 11.3 Å². The SMILES string of the molecule is O=C(O)c1cc(C=CCCCl)cs1. The van der Waals surface area contributed by atoms with Gasteiger partial charge >= 0.3 is 5.97 Å². The van der Waals surface area contributed by atoms with Crippen LogP contribution in [0.3, 0.4) is 0 Å². The van der Waals surface area contributed by atoms with E-state index in [-0.39, 0.29) is 0 Å². The van der Waals surface area contributed by atoms with Crippen LogP contribution in [0.25, 0.3) is 6.08 Å². The van der Waals surface area contributed by atoms with E-state index in [9.17, 15) is 4.79 Å². The maximum absolute atomic E-state index is 10.5. The average molecular weight is 217 g/mol. The van der Waals surface area contributed by atoms with E-state index in [0.717, 1.165) is 12.0 Å². The van der Waals surface area contributed by atoms with E-state index in [0.29, 0.717) is 10.8 Å². The molecule has 0 bridgehead atoms. The standard InChI is InChI=1S/C9H9ClO2S/c10-4-2-1-3-7-5-8(9(11)12)13-6-7/h1,3,5-6H,2,4H2,(H,11,12). The van der Waals surface area contributed by atoms with E-state index in [4.69, 9.17) is 16.7 Å². The summed E-state index contributed by atoms with van der Waals surface area (Å²) in [6, 6.07) is 1.65. The quantitative estimate of drug-likeness (QED) is 0.786. The van der Waals surface area contributed by atoms with Crippen molar-refractivity contribution in [2.24, 2.45) is 0 Å². The molecule has 1 heterocycles. The molecular weight excluding hydrogens is 208 g/mol. The van der Waals surface area contributed by atoms with Gasteiger partial charge in [0.2, 0.25) is 0 Å². The first-order valence-corrected chi connectivity index (χ1v) is 5.20. The number of carboxylic acid groups (broad SMARTS) is 1. The van der Waals surface area contributed by atoms with Gasteiger partial charge in [0, 0.05) is 5.88 Å². The van der Waals surface area contributed by atoms with Crippen molar-refractivity contribution in [1.82, 2.24) is 0 Å². The molecule has 0 aliphatic rings. The molecule has 70 valence electrons. The predicted octanol–water partition coefficient (Wildman–Crippen LogP) is 3.09. The second-order valence-electron chi connectivity index (χ2n) is 2.43. The van der Waals surface area contributed by atoms with E-state index in [2.05, 4.69) is 0 Å². The zero-order valence-electron chi connectivity index (χ0n) is 6.87. The van der Waals surface area contributed by atoms with Crippen LogP contribution in [0.2, 0.25) is 0 Å². The van der Waals surface area contributed by atoms with E-state index in [1.807, 2.05) is 17.5 Å². The van der Waals surface area contributed by atoms with Crippen LogP contribution in [0, 0.1) is 0 Å². The third-order valence-electron chi connectivity index (χ3n) is 1.42. The molecule has 1 aromatic rings. The topological polar surface area (TPSA) is 37.3 Å². The van der Waals surface area contributed by atoms with Gasteiger partial charge in [0.1, 0.15) is 4.88 Å². The molecule has 0 amide bonds. The highest BCUT2D eigenvalue weighted by Gasteiger charge is 2.04. The Morgan fingerprint density at radius 3 is 3.00 bits per heavy atom. The normalized spacial score (nSPS) is 10.8. The van der Waals surface area contributed by atoms with Gasteiger partial charge in [-0.05, 0) is 23.4 Å². The fourth-order valence-electron chi connectivity index (χ4n) is 0.833. The van der Waals surface area contributed by atoms with Crippen molar-refractivity contribution >= 4 is 35.0 Å². The molecular formula is C9H9ClO2S. The molecule has 2 nitrogen and oxygen atoms in total. The Morgan fingerprint density at radius 2 is 2.46 bits per heavy atom. The van der Waals surface area contributed by atoms with Gasteiger partial charge < -0.3 is 5.11 Å². The lowest BCUT2D eigenvalue weighted by Gasteiger charge is -1.83. The molecule has 1 aromatic heterocycles. The van der Waals surface area contributed by atoms with E-state index < -0.39 is 5.97 Å². The van der Waals surface area contributed by atoms with Gasteiger partial charge in [0.25, 0.3) is 0 Å². The van der Waals surface area contributed by atoms with Crippen LogP contribution >= 0.6 is 22.9 Å². The second kappa shape index (κ2) is 5.04. The maximum Gasteiger partial charge on any atom is 0.345 e. The number of carboxylic acids is 1. The molecule has 0 saturated heterocycles. The Kier molecular flexibility index (Phi) is 3.99. The lowest BCUT2D eigenvalue weighted by atomic mass is 10.2. The predicted molar refractivity (Wildman–Crippen MR) is 55.6 cm³/mol. The van der Waals surface area contributed by atoms with Crippen molar-refractivity contribution < 1.29 is 9.90 Å². The Labute approximate surface area is 85.5 Å². The van der Waals surface area contributed by atoms with Crippen LogP contribution in [0.1, 0.15) is 21.7 Å². The van der Waals surface area contributed by atoms with Crippen LogP contribution in [0.15, 0.2) is 17.5 Å². The lowest BCUT2D eigenvalue weighted by molar-refractivity contribution is 0.0702. The Morgan fingerprint density at radius 1 is 1.69 bits per heavy atom. The fraction of sp³-hybridized carbons (Fsp3) is 0.222. The van der Waals surface area contributed by atoms with Crippen LogP contribution in [0.4, 0.5) is 0 Å². The van der Waals surface area contributed by atoms with Crippen molar-refractivity contribution in [2.45, 2.75) is 6.42 Å². The van der Waals surface area contributed by atoms with Gasteiger partial charge in [-0.3, -0.25) is 0 Å². The highest BCUT2D eigenvalue weighted by Crippen LogP contribution is 2.15. The molecule has 13 heavy (non-hydrogen) atoms. The summed E-state index contributed by atoms with van der Waals surface area (Å²) in [5, 5.41) is 10.4. The number of thiophene rings is 1. The molecule has 0 aliphatic heterocycles.